The smallest absolute Gasteiger partial charge is 0.313 e. The summed E-state index contributed by atoms with van der Waals surface area (Å²) in [5.74, 6) is -0.784. The average Bonchev–Trinajstić information content (AvgIpc) is 2.92. The zero-order chi connectivity index (χ0) is 24.8. The van der Waals surface area contributed by atoms with Gasteiger partial charge in [0.15, 0.2) is 11.5 Å². The van der Waals surface area contributed by atoms with Gasteiger partial charge in [0.2, 0.25) is 0 Å². The Morgan fingerprint density at radius 3 is 2.58 bits per heavy atom. The average molecular weight is 486 g/mol. The lowest BCUT2D eigenvalue weighted by Gasteiger charge is -2.41. The first-order valence-corrected chi connectivity index (χ1v) is 12.3. The zero-order valence-corrected chi connectivity index (χ0v) is 19.7. The summed E-state index contributed by atoms with van der Waals surface area (Å²) in [7, 11) is 0. The molecular weight excluding hydrogens is 458 g/mol. The van der Waals surface area contributed by atoms with E-state index in [4.69, 9.17) is 9.47 Å². The number of nitrogens with zero attached hydrogens (tertiary/aromatic N) is 1. The van der Waals surface area contributed by atoms with E-state index in [0.29, 0.717) is 47.1 Å². The van der Waals surface area contributed by atoms with E-state index in [1.54, 1.807) is 41.3 Å². The van der Waals surface area contributed by atoms with Crippen LogP contribution in [0.25, 0.3) is 0 Å². The van der Waals surface area contributed by atoms with Gasteiger partial charge in [-0.3, -0.25) is 14.5 Å². The Balaban J connectivity index is 1.51. The van der Waals surface area contributed by atoms with Crippen molar-refractivity contribution in [3.05, 3.63) is 88.5 Å². The van der Waals surface area contributed by atoms with Crippen LogP contribution in [0.1, 0.15) is 51.0 Å². The van der Waals surface area contributed by atoms with Crippen LogP contribution >= 0.6 is 0 Å². The minimum absolute atomic E-state index is 0.162. The Bertz CT molecular complexity index is 1350. The molecule has 0 radical (unpaired) electrons. The number of amides is 1. The summed E-state index contributed by atoms with van der Waals surface area (Å²) in [6.45, 7) is 1.03. The van der Waals surface area contributed by atoms with Gasteiger partial charge >= 0.3 is 5.97 Å². The van der Waals surface area contributed by atoms with E-state index in [2.05, 4.69) is 0 Å². The van der Waals surface area contributed by atoms with Gasteiger partial charge in [-0.1, -0.05) is 30.3 Å². The first-order valence-electron chi connectivity index (χ1n) is 12.3. The topological polar surface area (TPSA) is 96.3 Å². The molecule has 3 atom stereocenters. The fourth-order valence-electron chi connectivity index (χ4n) is 5.79. The Hall–Kier alpha value is -3.84. The molecule has 1 aliphatic carbocycles. The predicted octanol–water partition coefficient (Wildman–Crippen LogP) is 4.12. The van der Waals surface area contributed by atoms with Crippen LogP contribution in [0.4, 0.5) is 5.69 Å². The van der Waals surface area contributed by atoms with E-state index in [9.17, 15) is 19.8 Å². The van der Waals surface area contributed by atoms with Crippen molar-refractivity contribution in [2.75, 3.05) is 24.7 Å². The summed E-state index contributed by atoms with van der Waals surface area (Å²) in [4.78, 5) is 28.4. The molecule has 0 bridgehead atoms. The highest BCUT2D eigenvalue weighted by molar-refractivity contribution is 6.11. The molecule has 3 aliphatic rings. The number of hydrogen-bond donors (Lipinski definition) is 2. The molecule has 2 heterocycles. The fourth-order valence-corrected chi connectivity index (χ4v) is 5.79. The molecule has 1 amide bonds. The van der Waals surface area contributed by atoms with Crippen molar-refractivity contribution in [3.8, 4) is 11.5 Å². The molecule has 7 nitrogen and oxygen atoms in total. The Kier molecular flexibility index (Phi) is 5.64. The Morgan fingerprint density at radius 2 is 1.78 bits per heavy atom. The van der Waals surface area contributed by atoms with Crippen LogP contribution in [-0.4, -0.2) is 41.9 Å². The summed E-state index contributed by atoms with van der Waals surface area (Å²) in [5.41, 5.74) is 4.55. The number of aliphatic hydroxyl groups is 1. The second-order valence-electron chi connectivity index (χ2n) is 9.67. The molecule has 3 aromatic carbocycles. The van der Waals surface area contributed by atoms with E-state index in [-0.39, 0.29) is 18.4 Å². The number of ether oxygens (including phenoxy) is 2. The zero-order valence-electron chi connectivity index (χ0n) is 19.7. The number of aliphatic hydroxyl groups excluding tert-OH is 1. The second kappa shape index (κ2) is 8.99. The number of carbonyl (C=O) groups is 2. The molecule has 2 aliphatic heterocycles. The summed E-state index contributed by atoms with van der Waals surface area (Å²) >= 11 is 0. The summed E-state index contributed by atoms with van der Waals surface area (Å²) in [6.07, 6.45) is 2.49. The molecule has 184 valence electrons. The van der Waals surface area contributed by atoms with Gasteiger partial charge in [0, 0.05) is 17.9 Å². The van der Waals surface area contributed by atoms with Gasteiger partial charge in [-0.05, 0) is 77.8 Å². The molecule has 7 heteroatoms. The van der Waals surface area contributed by atoms with Crippen LogP contribution in [0.2, 0.25) is 0 Å². The lowest BCUT2D eigenvalue weighted by atomic mass is 9.79. The maximum absolute atomic E-state index is 14.0. The number of carboxylic acids is 1. The van der Waals surface area contributed by atoms with Crippen molar-refractivity contribution >= 4 is 17.6 Å². The van der Waals surface area contributed by atoms with Crippen LogP contribution < -0.4 is 14.4 Å². The Labute approximate surface area is 208 Å². The van der Waals surface area contributed by atoms with Gasteiger partial charge in [-0.15, -0.1) is 0 Å². The summed E-state index contributed by atoms with van der Waals surface area (Å²) in [5, 5.41) is 20.0. The number of rotatable bonds is 4. The van der Waals surface area contributed by atoms with Crippen LogP contribution in [0, 0.1) is 5.92 Å². The van der Waals surface area contributed by atoms with Crippen molar-refractivity contribution < 1.29 is 29.3 Å². The maximum atomic E-state index is 14.0. The van der Waals surface area contributed by atoms with Crippen molar-refractivity contribution in [3.63, 3.8) is 0 Å². The van der Waals surface area contributed by atoms with Gasteiger partial charge in [0.1, 0.15) is 19.1 Å². The second-order valence-corrected chi connectivity index (χ2v) is 9.67. The van der Waals surface area contributed by atoms with Gasteiger partial charge in [-0.2, -0.15) is 0 Å². The normalized spacial score (nSPS) is 22.5. The van der Waals surface area contributed by atoms with Crippen molar-refractivity contribution in [1.29, 1.82) is 0 Å². The van der Waals surface area contributed by atoms with Crippen molar-refractivity contribution in [1.82, 2.24) is 0 Å². The van der Waals surface area contributed by atoms with Crippen molar-refractivity contribution in [2.45, 2.75) is 31.2 Å². The number of carbonyl (C=O) groups excluding carboxylic acids is 1. The van der Waals surface area contributed by atoms with Crippen LogP contribution in [-0.2, 0) is 17.6 Å². The molecule has 2 N–H and O–H groups in total. The van der Waals surface area contributed by atoms with E-state index < -0.39 is 17.9 Å². The third-order valence-corrected chi connectivity index (χ3v) is 7.57. The largest absolute Gasteiger partial charge is 0.486 e. The third kappa shape index (κ3) is 3.71. The van der Waals surface area contributed by atoms with Crippen LogP contribution in [0.5, 0.6) is 11.5 Å². The highest BCUT2D eigenvalue weighted by Gasteiger charge is 2.45. The molecule has 6 rings (SSSR count). The summed E-state index contributed by atoms with van der Waals surface area (Å²) < 4.78 is 11.5. The lowest BCUT2D eigenvalue weighted by molar-refractivity contribution is -0.139. The van der Waals surface area contributed by atoms with Crippen LogP contribution in [0.15, 0.2) is 60.7 Å². The van der Waals surface area contributed by atoms with E-state index in [1.165, 1.54) is 5.56 Å². The fraction of sp³-hybridized carbons (Fsp3) is 0.310. The molecular formula is C29H27NO6. The third-order valence-electron chi connectivity index (χ3n) is 7.57. The molecule has 0 saturated heterocycles. The first kappa shape index (κ1) is 22.6. The number of aliphatic carboxylic acids is 1. The van der Waals surface area contributed by atoms with Gasteiger partial charge in [0.05, 0.1) is 6.04 Å². The number of benzene rings is 3. The number of fused-ring (bicyclic) bond motifs is 3. The molecule has 0 saturated carbocycles. The summed E-state index contributed by atoms with van der Waals surface area (Å²) in [6, 6.07) is 17.5. The van der Waals surface area contributed by atoms with Gasteiger partial charge in [0.25, 0.3) is 5.91 Å². The molecule has 0 fully saturated rings. The molecule has 3 unspecified atom stereocenters. The minimum atomic E-state index is -0.997. The Morgan fingerprint density at radius 1 is 0.972 bits per heavy atom. The van der Waals surface area contributed by atoms with Gasteiger partial charge in [-0.25, -0.2) is 0 Å². The minimum Gasteiger partial charge on any atom is -0.486 e. The quantitative estimate of drug-likeness (QED) is 0.577. The monoisotopic (exact) mass is 485 g/mol. The lowest BCUT2D eigenvalue weighted by Crippen LogP contribution is -2.45. The van der Waals surface area contributed by atoms with Crippen molar-refractivity contribution in [2.24, 2.45) is 5.92 Å². The molecule has 0 aromatic heterocycles. The standard InChI is InChI=1S/C29H27NO6/c31-16-17-5-6-19-14-21(9-7-18(19)13-17)30-27(20-8-10-24-25(15-20)36-12-11-35-24)26(29(33)34)22-3-1-2-4-23(22)28(30)32/h1-4,7-10,14-15,17,26-27,31H,5-6,11-13,16H2,(H,33,34). The number of hydrogen-bond acceptors (Lipinski definition) is 5. The highest BCUT2D eigenvalue weighted by atomic mass is 16.6. The maximum Gasteiger partial charge on any atom is 0.313 e. The van der Waals surface area contributed by atoms with Crippen LogP contribution in [0.3, 0.4) is 0 Å². The number of carboxylic acid groups (broad SMARTS) is 1. The van der Waals surface area contributed by atoms with E-state index in [0.717, 1.165) is 24.8 Å². The highest BCUT2D eigenvalue weighted by Crippen LogP contribution is 2.47. The molecule has 0 spiro atoms. The number of aryl methyl sites for hydroxylation is 1. The van der Waals surface area contributed by atoms with E-state index in [1.807, 2.05) is 24.3 Å². The SMILES string of the molecule is O=C(O)C1c2ccccc2C(=O)N(c2ccc3c(c2)CCC(CO)C3)C1c1ccc2c(c1)OCCO2. The number of anilines is 1. The molecule has 3 aromatic rings. The first-order chi connectivity index (χ1) is 17.5. The van der Waals surface area contributed by atoms with E-state index >= 15 is 0 Å². The van der Waals surface area contributed by atoms with Gasteiger partial charge < -0.3 is 19.7 Å². The predicted molar refractivity (Wildman–Crippen MR) is 133 cm³/mol. The molecule has 36 heavy (non-hydrogen) atoms.